The number of aliphatic imine (C=N–C) groups is 2. The maximum absolute atomic E-state index is 6.15. The van der Waals surface area contributed by atoms with Gasteiger partial charge in [-0.25, -0.2) is 4.99 Å². The van der Waals surface area contributed by atoms with Crippen LogP contribution in [0.15, 0.2) is 52.4 Å². The number of hydrogen-bond acceptors (Lipinski definition) is 3. The highest BCUT2D eigenvalue weighted by Gasteiger charge is 2.16. The second kappa shape index (κ2) is 6.22. The van der Waals surface area contributed by atoms with Crippen molar-refractivity contribution in [1.29, 1.82) is 0 Å². The van der Waals surface area contributed by atoms with E-state index in [1.165, 1.54) is 0 Å². The second-order valence-corrected chi connectivity index (χ2v) is 6.30. The number of nitrogens with zero attached hydrogens (tertiary/aromatic N) is 2. The van der Waals surface area contributed by atoms with Crippen molar-refractivity contribution in [2.45, 2.75) is 0 Å². The predicted molar refractivity (Wildman–Crippen MR) is 94.0 cm³/mol. The van der Waals surface area contributed by atoms with Crippen LogP contribution in [0, 0.1) is 0 Å². The van der Waals surface area contributed by atoms with Crippen LogP contribution < -0.4 is 0 Å². The molecule has 0 bridgehead atoms. The molecule has 0 aromatic heterocycles. The highest BCUT2D eigenvalue weighted by Crippen LogP contribution is 2.29. The molecule has 0 fully saturated rings. The van der Waals surface area contributed by atoms with E-state index < -0.39 is 0 Å². The molecule has 2 aromatic carbocycles. The fourth-order valence-corrected chi connectivity index (χ4v) is 2.84. The van der Waals surface area contributed by atoms with Gasteiger partial charge in [-0.1, -0.05) is 35.3 Å². The Morgan fingerprint density at radius 2 is 1.71 bits per heavy atom. The average Bonchev–Trinajstić information content (AvgIpc) is 2.67. The van der Waals surface area contributed by atoms with E-state index >= 15 is 0 Å². The van der Waals surface area contributed by atoms with E-state index in [-0.39, 0.29) is 0 Å². The Kier molecular flexibility index (Phi) is 4.34. The molecule has 2 aromatic rings. The van der Waals surface area contributed by atoms with Crippen LogP contribution in [0.2, 0.25) is 10.0 Å². The molecule has 1 aliphatic heterocycles. The van der Waals surface area contributed by atoms with Crippen molar-refractivity contribution in [3.05, 3.63) is 63.6 Å². The van der Waals surface area contributed by atoms with E-state index in [4.69, 9.17) is 28.2 Å². The van der Waals surface area contributed by atoms with E-state index in [9.17, 15) is 0 Å². The van der Waals surface area contributed by atoms with Crippen LogP contribution in [0.5, 0.6) is 0 Å². The Bertz CT molecular complexity index is 736. The molecule has 0 spiro atoms. The highest BCUT2D eigenvalue weighted by atomic mass is 35.5. The number of fused-ring (bicyclic) bond motifs is 1. The van der Waals surface area contributed by atoms with Gasteiger partial charge in [0.25, 0.3) is 0 Å². The van der Waals surface area contributed by atoms with Gasteiger partial charge in [-0.05, 0) is 36.6 Å². The molecule has 2 nitrogen and oxygen atoms in total. The van der Waals surface area contributed by atoms with Crippen molar-refractivity contribution in [3.8, 4) is 0 Å². The third-order valence-corrected chi connectivity index (χ3v) is 4.36. The molecular weight excluding hydrogens is 323 g/mol. The zero-order chi connectivity index (χ0) is 14.8. The lowest BCUT2D eigenvalue weighted by atomic mass is 10.0. The fraction of sp³-hybridized carbons (Fsp3) is 0.125. The predicted octanol–water partition coefficient (Wildman–Crippen LogP) is 5.24. The lowest BCUT2D eigenvalue weighted by Gasteiger charge is -2.09. The first-order valence-corrected chi connectivity index (χ1v) is 8.37. The van der Waals surface area contributed by atoms with Gasteiger partial charge in [0.15, 0.2) is 0 Å². The van der Waals surface area contributed by atoms with Gasteiger partial charge in [0.05, 0.1) is 23.0 Å². The molecule has 0 atom stereocenters. The maximum atomic E-state index is 6.15. The fourth-order valence-electron chi connectivity index (χ4n) is 2.16. The van der Waals surface area contributed by atoms with Crippen LogP contribution in [0.25, 0.3) is 0 Å². The Balaban J connectivity index is 2.17. The maximum Gasteiger partial charge on any atom is 0.0951 e. The molecule has 0 amide bonds. The molecule has 21 heavy (non-hydrogen) atoms. The van der Waals surface area contributed by atoms with Crippen molar-refractivity contribution in [2.24, 2.45) is 9.98 Å². The van der Waals surface area contributed by atoms with Gasteiger partial charge in [-0.15, -0.1) is 11.8 Å². The topological polar surface area (TPSA) is 24.7 Å². The highest BCUT2D eigenvalue weighted by molar-refractivity contribution is 8.13. The Morgan fingerprint density at radius 1 is 1.00 bits per heavy atom. The van der Waals surface area contributed by atoms with Crippen LogP contribution in [0.1, 0.15) is 11.1 Å². The Labute approximate surface area is 137 Å². The van der Waals surface area contributed by atoms with Crippen LogP contribution in [-0.4, -0.2) is 23.6 Å². The number of benzene rings is 2. The van der Waals surface area contributed by atoms with Gasteiger partial charge in [-0.3, -0.25) is 4.99 Å². The molecule has 106 valence electrons. The van der Waals surface area contributed by atoms with Crippen LogP contribution in [0.3, 0.4) is 0 Å². The molecule has 0 radical (unpaired) electrons. The third-order valence-electron chi connectivity index (χ3n) is 3.18. The van der Waals surface area contributed by atoms with E-state index in [0.717, 1.165) is 27.6 Å². The molecule has 0 unspecified atom stereocenters. The van der Waals surface area contributed by atoms with Gasteiger partial charge < -0.3 is 0 Å². The molecule has 1 heterocycles. The molecule has 0 N–H and O–H groups in total. The summed E-state index contributed by atoms with van der Waals surface area (Å²) < 4.78 is 0. The minimum Gasteiger partial charge on any atom is -0.277 e. The quantitative estimate of drug-likeness (QED) is 0.700. The first-order valence-electron chi connectivity index (χ1n) is 6.39. The molecule has 1 aliphatic rings. The largest absolute Gasteiger partial charge is 0.277 e. The van der Waals surface area contributed by atoms with Crippen molar-refractivity contribution in [3.63, 3.8) is 0 Å². The summed E-state index contributed by atoms with van der Waals surface area (Å²) in [5.74, 6) is 0. The van der Waals surface area contributed by atoms with E-state index in [1.807, 2.05) is 48.7 Å². The standard InChI is InChI=1S/C16H12Cl2N2S/c1-21-15-9-19-16(10-2-4-11(17)5-3-10)13-8-12(18)6-7-14(13)20-15/h2-8H,9H2,1H3. The van der Waals surface area contributed by atoms with Gasteiger partial charge in [-0.2, -0.15) is 0 Å². The smallest absolute Gasteiger partial charge is 0.0951 e. The second-order valence-electron chi connectivity index (χ2n) is 4.54. The average molecular weight is 335 g/mol. The SMILES string of the molecule is CSC1=Nc2ccc(Cl)cc2C(c2ccc(Cl)cc2)=NC1. The summed E-state index contributed by atoms with van der Waals surface area (Å²) in [6.07, 6.45) is 2.01. The number of halogens is 2. The summed E-state index contributed by atoms with van der Waals surface area (Å²) in [4.78, 5) is 9.39. The summed E-state index contributed by atoms with van der Waals surface area (Å²) in [5, 5.41) is 2.38. The zero-order valence-corrected chi connectivity index (χ0v) is 13.6. The first kappa shape index (κ1) is 14.6. The monoisotopic (exact) mass is 334 g/mol. The Hall–Kier alpha value is -1.29. The van der Waals surface area contributed by atoms with Gasteiger partial charge in [0.1, 0.15) is 0 Å². The minimum atomic E-state index is 0.575. The molecule has 0 saturated heterocycles. The molecule has 5 heteroatoms. The van der Waals surface area contributed by atoms with E-state index in [1.54, 1.807) is 11.8 Å². The van der Waals surface area contributed by atoms with Crippen LogP contribution >= 0.6 is 35.0 Å². The summed E-state index contributed by atoms with van der Waals surface area (Å²) in [6.45, 7) is 0.575. The third kappa shape index (κ3) is 3.15. The summed E-state index contributed by atoms with van der Waals surface area (Å²) >= 11 is 13.7. The summed E-state index contributed by atoms with van der Waals surface area (Å²) in [6, 6.07) is 13.4. The van der Waals surface area contributed by atoms with Gasteiger partial charge in [0, 0.05) is 21.2 Å². The summed E-state index contributed by atoms with van der Waals surface area (Å²) in [5.41, 5.74) is 3.77. The van der Waals surface area contributed by atoms with Gasteiger partial charge >= 0.3 is 0 Å². The lowest BCUT2D eigenvalue weighted by molar-refractivity contribution is 1.32. The molecular formula is C16H12Cl2N2S. The van der Waals surface area contributed by atoms with E-state index in [2.05, 4.69) is 4.99 Å². The van der Waals surface area contributed by atoms with Crippen molar-refractivity contribution in [1.82, 2.24) is 0 Å². The van der Waals surface area contributed by atoms with Crippen molar-refractivity contribution in [2.75, 3.05) is 12.8 Å². The molecule has 0 saturated carbocycles. The first-order chi connectivity index (χ1) is 10.2. The minimum absolute atomic E-state index is 0.575. The van der Waals surface area contributed by atoms with Crippen molar-refractivity contribution < 1.29 is 0 Å². The van der Waals surface area contributed by atoms with Crippen molar-refractivity contribution >= 4 is 51.4 Å². The van der Waals surface area contributed by atoms with E-state index in [0.29, 0.717) is 16.6 Å². The zero-order valence-electron chi connectivity index (χ0n) is 11.3. The van der Waals surface area contributed by atoms with Gasteiger partial charge in [0.2, 0.25) is 0 Å². The number of hydrogen-bond donors (Lipinski definition) is 0. The summed E-state index contributed by atoms with van der Waals surface area (Å²) in [7, 11) is 0. The molecule has 3 rings (SSSR count). The Morgan fingerprint density at radius 3 is 2.43 bits per heavy atom. The normalized spacial score (nSPS) is 14.0. The van der Waals surface area contributed by atoms with Crippen LogP contribution in [0.4, 0.5) is 5.69 Å². The van der Waals surface area contributed by atoms with Crippen LogP contribution in [-0.2, 0) is 0 Å². The number of thioether (sulfide) groups is 1. The number of rotatable bonds is 1. The lowest BCUT2D eigenvalue weighted by Crippen LogP contribution is -2.04. The molecule has 0 aliphatic carbocycles.